The third-order valence-electron chi connectivity index (χ3n) is 2.43. The molecule has 1 N–H and O–H groups in total. The zero-order valence-electron chi connectivity index (χ0n) is 8.53. The maximum Gasteiger partial charge on any atom is 0.231 e. The van der Waals surface area contributed by atoms with Crippen LogP contribution >= 0.6 is 15.9 Å². The number of carbonyl (C=O) groups excluding carboxylic acids is 1. The molecule has 86 valence electrons. The number of aliphatic hydroxyl groups is 1. The predicted octanol–water partition coefficient (Wildman–Crippen LogP) is 1.92. The minimum absolute atomic E-state index is 0.123. The van der Waals surface area contributed by atoms with Crippen molar-refractivity contribution < 1.29 is 19.4 Å². The summed E-state index contributed by atoms with van der Waals surface area (Å²) >= 11 is 3.40. The van der Waals surface area contributed by atoms with Crippen LogP contribution in [0, 0.1) is 0 Å². The van der Waals surface area contributed by atoms with Crippen molar-refractivity contribution in [3.8, 4) is 11.5 Å². The second-order valence-electron chi connectivity index (χ2n) is 3.44. The number of hydrogen-bond acceptors (Lipinski definition) is 4. The van der Waals surface area contributed by atoms with E-state index >= 15 is 0 Å². The highest BCUT2D eigenvalue weighted by atomic mass is 79.9. The van der Waals surface area contributed by atoms with E-state index in [-0.39, 0.29) is 13.4 Å². The molecule has 0 amide bonds. The van der Waals surface area contributed by atoms with Gasteiger partial charge in [-0.15, -0.1) is 0 Å². The van der Waals surface area contributed by atoms with Gasteiger partial charge < -0.3 is 14.6 Å². The summed E-state index contributed by atoms with van der Waals surface area (Å²) < 4.78 is 11.4. The summed E-state index contributed by atoms with van der Waals surface area (Å²) in [5, 5.41) is 8.82. The summed E-state index contributed by atoms with van der Waals surface area (Å²) in [6.07, 6.45) is 2.07. The molecule has 1 aliphatic heterocycles. The number of halogens is 1. The van der Waals surface area contributed by atoms with Crippen LogP contribution in [0.3, 0.4) is 0 Å². The zero-order valence-corrected chi connectivity index (χ0v) is 10.1. The van der Waals surface area contributed by atoms with Gasteiger partial charge in [0.1, 0.15) is 0 Å². The Morgan fingerprint density at radius 2 is 2.19 bits per heavy atom. The number of ether oxygens (including phenoxy) is 2. The van der Waals surface area contributed by atoms with Gasteiger partial charge in [0, 0.05) is 16.6 Å². The summed E-state index contributed by atoms with van der Waals surface area (Å²) in [4.78, 5) is 10.8. The molecule has 0 bridgehead atoms. The van der Waals surface area contributed by atoms with Gasteiger partial charge in [0.15, 0.2) is 17.8 Å². The van der Waals surface area contributed by atoms with Gasteiger partial charge in [-0.3, -0.25) is 4.79 Å². The highest BCUT2D eigenvalue weighted by molar-refractivity contribution is 9.10. The SMILES string of the molecule is O=Cc1cc(Br)c(CCCO)c2c1OCO2. The molecule has 2 rings (SSSR count). The minimum atomic E-state index is 0.123. The van der Waals surface area contributed by atoms with Crippen LogP contribution in [-0.2, 0) is 6.42 Å². The molecule has 1 heterocycles. The highest BCUT2D eigenvalue weighted by Crippen LogP contribution is 2.42. The van der Waals surface area contributed by atoms with Crippen LogP contribution in [0.1, 0.15) is 22.3 Å². The van der Waals surface area contributed by atoms with Crippen LogP contribution < -0.4 is 9.47 Å². The Kier molecular flexibility index (Phi) is 3.46. The smallest absolute Gasteiger partial charge is 0.231 e. The quantitative estimate of drug-likeness (QED) is 0.859. The number of aliphatic hydroxyl groups excluding tert-OH is 1. The summed E-state index contributed by atoms with van der Waals surface area (Å²) in [5.41, 5.74) is 1.42. The third-order valence-corrected chi connectivity index (χ3v) is 3.14. The second-order valence-corrected chi connectivity index (χ2v) is 4.29. The normalized spacial score (nSPS) is 12.9. The van der Waals surface area contributed by atoms with Crippen molar-refractivity contribution in [3.05, 3.63) is 21.7 Å². The molecule has 5 heteroatoms. The van der Waals surface area contributed by atoms with E-state index in [2.05, 4.69) is 15.9 Å². The molecule has 16 heavy (non-hydrogen) atoms. The molecule has 0 unspecified atom stereocenters. The highest BCUT2D eigenvalue weighted by Gasteiger charge is 2.23. The number of fused-ring (bicyclic) bond motifs is 1. The van der Waals surface area contributed by atoms with Crippen LogP contribution in [0.15, 0.2) is 10.5 Å². The average molecular weight is 287 g/mol. The Hall–Kier alpha value is -1.07. The van der Waals surface area contributed by atoms with Crippen LogP contribution in [-0.4, -0.2) is 24.8 Å². The molecule has 0 aromatic heterocycles. The third kappa shape index (κ3) is 1.92. The molecule has 1 aromatic rings. The molecule has 0 saturated heterocycles. The first-order valence-corrected chi connectivity index (χ1v) is 5.74. The molecule has 0 atom stereocenters. The molecule has 0 aliphatic carbocycles. The van der Waals surface area contributed by atoms with E-state index in [0.717, 1.165) is 16.3 Å². The number of hydrogen-bond donors (Lipinski definition) is 1. The van der Waals surface area contributed by atoms with E-state index in [1.165, 1.54) is 0 Å². The van der Waals surface area contributed by atoms with Gasteiger partial charge in [-0.1, -0.05) is 15.9 Å². The van der Waals surface area contributed by atoms with Crippen LogP contribution in [0.2, 0.25) is 0 Å². The van der Waals surface area contributed by atoms with Crippen molar-refractivity contribution >= 4 is 22.2 Å². The van der Waals surface area contributed by atoms with Gasteiger partial charge in [-0.25, -0.2) is 0 Å². The molecular formula is C11H11BrO4. The van der Waals surface area contributed by atoms with E-state index < -0.39 is 0 Å². The van der Waals surface area contributed by atoms with Gasteiger partial charge in [0.05, 0.1) is 5.56 Å². The first-order chi connectivity index (χ1) is 7.77. The summed E-state index contributed by atoms with van der Waals surface area (Å²) in [5.74, 6) is 1.12. The maximum atomic E-state index is 10.8. The summed E-state index contributed by atoms with van der Waals surface area (Å²) in [6.45, 7) is 0.260. The van der Waals surface area contributed by atoms with Crippen LogP contribution in [0.25, 0.3) is 0 Å². The molecule has 0 radical (unpaired) electrons. The first kappa shape index (κ1) is 11.4. The predicted molar refractivity (Wildman–Crippen MR) is 61.1 cm³/mol. The van der Waals surface area contributed by atoms with Gasteiger partial charge in [-0.05, 0) is 18.9 Å². The monoisotopic (exact) mass is 286 g/mol. The van der Waals surface area contributed by atoms with E-state index in [4.69, 9.17) is 14.6 Å². The molecule has 1 aliphatic rings. The molecule has 1 aromatic carbocycles. The zero-order chi connectivity index (χ0) is 11.5. The lowest BCUT2D eigenvalue weighted by Crippen LogP contribution is -1.96. The van der Waals surface area contributed by atoms with Gasteiger partial charge in [-0.2, -0.15) is 0 Å². The first-order valence-electron chi connectivity index (χ1n) is 4.95. The van der Waals surface area contributed by atoms with Crippen molar-refractivity contribution in [2.75, 3.05) is 13.4 Å². The molecular weight excluding hydrogens is 276 g/mol. The maximum absolute atomic E-state index is 10.8. The standard InChI is InChI=1S/C11H11BrO4/c12-9-4-7(5-14)10-11(16-6-15-10)8(9)2-1-3-13/h4-5,13H,1-3,6H2. The Morgan fingerprint density at radius 1 is 1.44 bits per heavy atom. The van der Waals surface area contributed by atoms with Crippen molar-refractivity contribution in [2.45, 2.75) is 12.8 Å². The fourth-order valence-electron chi connectivity index (χ4n) is 1.69. The fourth-order valence-corrected chi connectivity index (χ4v) is 2.32. The van der Waals surface area contributed by atoms with E-state index in [9.17, 15) is 4.79 Å². The molecule has 0 saturated carbocycles. The van der Waals surface area contributed by atoms with E-state index in [0.29, 0.717) is 29.9 Å². The molecule has 4 nitrogen and oxygen atoms in total. The lowest BCUT2D eigenvalue weighted by Gasteiger charge is -2.09. The molecule has 0 spiro atoms. The minimum Gasteiger partial charge on any atom is -0.453 e. The van der Waals surface area contributed by atoms with Crippen molar-refractivity contribution in [1.82, 2.24) is 0 Å². The summed E-state index contributed by atoms with van der Waals surface area (Å²) in [7, 11) is 0. The van der Waals surface area contributed by atoms with Crippen molar-refractivity contribution in [3.63, 3.8) is 0 Å². The Bertz CT molecular complexity index is 417. The summed E-state index contributed by atoms with van der Waals surface area (Å²) in [6, 6.07) is 1.72. The van der Waals surface area contributed by atoms with E-state index in [1.54, 1.807) is 6.07 Å². The number of aldehydes is 1. The van der Waals surface area contributed by atoms with E-state index in [1.807, 2.05) is 0 Å². The Morgan fingerprint density at radius 3 is 2.88 bits per heavy atom. The molecule has 0 fully saturated rings. The largest absolute Gasteiger partial charge is 0.453 e. The number of carbonyl (C=O) groups is 1. The lowest BCUT2D eigenvalue weighted by molar-refractivity contribution is 0.111. The van der Waals surface area contributed by atoms with Gasteiger partial charge in [0.25, 0.3) is 0 Å². The van der Waals surface area contributed by atoms with Gasteiger partial charge >= 0.3 is 0 Å². The average Bonchev–Trinajstić information content (AvgIpc) is 2.76. The van der Waals surface area contributed by atoms with Crippen LogP contribution in [0.5, 0.6) is 11.5 Å². The Labute approximate surface area is 101 Å². The fraction of sp³-hybridized carbons (Fsp3) is 0.364. The topological polar surface area (TPSA) is 55.8 Å². The van der Waals surface area contributed by atoms with Crippen molar-refractivity contribution in [2.24, 2.45) is 0 Å². The van der Waals surface area contributed by atoms with Crippen LogP contribution in [0.4, 0.5) is 0 Å². The number of benzene rings is 1. The van der Waals surface area contributed by atoms with Crippen molar-refractivity contribution in [1.29, 1.82) is 0 Å². The van der Waals surface area contributed by atoms with Gasteiger partial charge in [0.2, 0.25) is 6.79 Å². The lowest BCUT2D eigenvalue weighted by atomic mass is 10.1. The second kappa shape index (κ2) is 4.84. The Balaban J connectivity index is 2.45. The number of rotatable bonds is 4.